The second kappa shape index (κ2) is 6.79. The number of carbonyl (C=O) groups excluding carboxylic acids is 1. The van der Waals surface area contributed by atoms with Crippen molar-refractivity contribution in [1.82, 2.24) is 14.9 Å². The van der Waals surface area contributed by atoms with Crippen LogP contribution < -0.4 is 4.90 Å². The van der Waals surface area contributed by atoms with Crippen molar-refractivity contribution >= 4 is 34.4 Å². The molecule has 5 nitrogen and oxygen atoms in total. The Hall–Kier alpha value is -1.88. The van der Waals surface area contributed by atoms with Crippen LogP contribution in [0.5, 0.6) is 0 Å². The third-order valence-corrected chi connectivity index (χ3v) is 5.86. The molecule has 0 unspecified atom stereocenters. The van der Waals surface area contributed by atoms with Crippen molar-refractivity contribution in [1.29, 1.82) is 0 Å². The first-order chi connectivity index (χ1) is 12.1. The van der Waals surface area contributed by atoms with Gasteiger partial charge in [0, 0.05) is 37.1 Å². The number of piperidine rings is 1. The molecule has 4 rings (SSSR count). The number of rotatable bonds is 3. The molecular weight excluding hydrogens is 336 g/mol. The molecule has 0 N–H and O–H groups in total. The van der Waals surface area contributed by atoms with Gasteiger partial charge in [0.05, 0.1) is 17.2 Å². The van der Waals surface area contributed by atoms with Gasteiger partial charge in [0.25, 0.3) is 0 Å². The Kier molecular flexibility index (Phi) is 4.50. The highest BCUT2D eigenvalue weighted by atomic mass is 35.5. The smallest absolute Gasteiger partial charge is 0.225 e. The summed E-state index contributed by atoms with van der Waals surface area (Å²) < 4.78 is 0. The number of hydrogen-bond donors (Lipinski definition) is 0. The molecule has 0 radical (unpaired) electrons. The number of hydrogen-bond acceptors (Lipinski definition) is 4. The van der Waals surface area contributed by atoms with Crippen molar-refractivity contribution in [3.05, 3.63) is 29.4 Å². The highest BCUT2D eigenvalue weighted by Crippen LogP contribution is 2.30. The maximum Gasteiger partial charge on any atom is 0.225 e. The SMILES string of the molecule is CN(C(=O)C1CCC1)C1CCN(c2cnc3cc(Cl)ccc3n2)CC1. The zero-order valence-corrected chi connectivity index (χ0v) is 15.2. The van der Waals surface area contributed by atoms with Gasteiger partial charge in [-0.1, -0.05) is 18.0 Å². The fraction of sp³-hybridized carbons (Fsp3) is 0.526. The van der Waals surface area contributed by atoms with Crippen LogP contribution in [0.25, 0.3) is 11.0 Å². The molecule has 0 atom stereocenters. The molecule has 1 aromatic heterocycles. The van der Waals surface area contributed by atoms with Crippen LogP contribution in [0.2, 0.25) is 5.02 Å². The van der Waals surface area contributed by atoms with E-state index in [1.807, 2.05) is 36.3 Å². The lowest BCUT2D eigenvalue weighted by Crippen LogP contribution is -2.48. The number of carbonyl (C=O) groups is 1. The van der Waals surface area contributed by atoms with Crippen molar-refractivity contribution in [2.75, 3.05) is 25.0 Å². The van der Waals surface area contributed by atoms with Crippen LogP contribution in [0.1, 0.15) is 32.1 Å². The van der Waals surface area contributed by atoms with Crippen LogP contribution in [-0.2, 0) is 4.79 Å². The first-order valence-electron chi connectivity index (χ1n) is 9.06. The molecular formula is C19H23ClN4O. The summed E-state index contributed by atoms with van der Waals surface area (Å²) >= 11 is 6.00. The molecule has 25 heavy (non-hydrogen) atoms. The van der Waals surface area contributed by atoms with Crippen LogP contribution in [-0.4, -0.2) is 47.0 Å². The lowest BCUT2D eigenvalue weighted by molar-refractivity contribution is -0.139. The monoisotopic (exact) mass is 358 g/mol. The lowest BCUT2D eigenvalue weighted by atomic mass is 9.84. The van der Waals surface area contributed by atoms with Gasteiger partial charge in [-0.05, 0) is 43.9 Å². The standard InChI is InChI=1S/C19H23ClN4O/c1-23(19(25)13-3-2-4-13)15-7-9-24(10-8-15)18-12-21-17-11-14(20)5-6-16(17)22-18/h5-6,11-13,15H,2-4,7-10H2,1H3. The number of nitrogens with zero attached hydrogens (tertiary/aromatic N) is 4. The zero-order valence-electron chi connectivity index (χ0n) is 14.5. The van der Waals surface area contributed by atoms with Crippen molar-refractivity contribution in [3.63, 3.8) is 0 Å². The topological polar surface area (TPSA) is 49.3 Å². The maximum absolute atomic E-state index is 12.4. The molecule has 1 aliphatic carbocycles. The summed E-state index contributed by atoms with van der Waals surface area (Å²) in [5, 5.41) is 0.675. The third kappa shape index (κ3) is 3.30. The number of anilines is 1. The molecule has 2 aliphatic rings. The van der Waals surface area contributed by atoms with Gasteiger partial charge in [-0.25, -0.2) is 4.98 Å². The van der Waals surface area contributed by atoms with E-state index in [-0.39, 0.29) is 5.92 Å². The average Bonchev–Trinajstić information content (AvgIpc) is 2.59. The van der Waals surface area contributed by atoms with Gasteiger partial charge in [-0.3, -0.25) is 9.78 Å². The summed E-state index contributed by atoms with van der Waals surface area (Å²) in [6.45, 7) is 1.81. The van der Waals surface area contributed by atoms with Crippen molar-refractivity contribution < 1.29 is 4.79 Å². The van der Waals surface area contributed by atoms with E-state index in [1.165, 1.54) is 6.42 Å². The average molecular weight is 359 g/mol. The Morgan fingerprint density at radius 2 is 1.96 bits per heavy atom. The number of amides is 1. The summed E-state index contributed by atoms with van der Waals surface area (Å²) in [6, 6.07) is 5.93. The van der Waals surface area contributed by atoms with E-state index in [9.17, 15) is 4.79 Å². The molecule has 132 valence electrons. The van der Waals surface area contributed by atoms with Crippen LogP contribution in [0.15, 0.2) is 24.4 Å². The number of fused-ring (bicyclic) bond motifs is 1. The number of benzene rings is 1. The van der Waals surface area contributed by atoms with E-state index in [0.29, 0.717) is 17.0 Å². The van der Waals surface area contributed by atoms with E-state index in [2.05, 4.69) is 9.88 Å². The quantitative estimate of drug-likeness (QED) is 0.842. The molecule has 2 aromatic rings. The molecule has 1 saturated carbocycles. The van der Waals surface area contributed by atoms with Gasteiger partial charge in [0.15, 0.2) is 0 Å². The van der Waals surface area contributed by atoms with Crippen LogP contribution in [0, 0.1) is 5.92 Å². The van der Waals surface area contributed by atoms with Crippen molar-refractivity contribution in [2.45, 2.75) is 38.1 Å². The normalized spacial score (nSPS) is 19.0. The maximum atomic E-state index is 12.4. The molecule has 1 amide bonds. The van der Waals surface area contributed by atoms with Gasteiger partial charge >= 0.3 is 0 Å². The minimum Gasteiger partial charge on any atom is -0.355 e. The van der Waals surface area contributed by atoms with Gasteiger partial charge < -0.3 is 9.80 Å². The fourth-order valence-corrected chi connectivity index (χ4v) is 3.90. The second-order valence-corrected chi connectivity index (χ2v) is 7.59. The molecule has 1 saturated heterocycles. The number of aromatic nitrogens is 2. The second-order valence-electron chi connectivity index (χ2n) is 7.16. The predicted molar refractivity (Wildman–Crippen MR) is 99.9 cm³/mol. The first-order valence-corrected chi connectivity index (χ1v) is 9.43. The van der Waals surface area contributed by atoms with Gasteiger partial charge in [0.1, 0.15) is 5.82 Å². The zero-order chi connectivity index (χ0) is 17.4. The van der Waals surface area contributed by atoms with E-state index in [0.717, 1.165) is 55.6 Å². The van der Waals surface area contributed by atoms with Gasteiger partial charge in [-0.15, -0.1) is 0 Å². The highest BCUT2D eigenvalue weighted by Gasteiger charge is 2.32. The molecule has 2 heterocycles. The Labute approximate surface area is 153 Å². The molecule has 1 aliphatic heterocycles. The fourth-order valence-electron chi connectivity index (χ4n) is 3.73. The van der Waals surface area contributed by atoms with Crippen molar-refractivity contribution in [2.24, 2.45) is 5.92 Å². The minimum atomic E-state index is 0.279. The Balaban J connectivity index is 1.41. The molecule has 1 aromatic carbocycles. The largest absolute Gasteiger partial charge is 0.355 e. The molecule has 2 fully saturated rings. The van der Waals surface area contributed by atoms with Crippen LogP contribution in [0.3, 0.4) is 0 Å². The third-order valence-electron chi connectivity index (χ3n) is 5.63. The summed E-state index contributed by atoms with van der Waals surface area (Å²) in [4.78, 5) is 25.9. The Bertz CT molecular complexity index is 784. The Morgan fingerprint density at radius 3 is 2.64 bits per heavy atom. The lowest BCUT2D eigenvalue weighted by Gasteiger charge is -2.39. The summed E-state index contributed by atoms with van der Waals surface area (Å²) in [7, 11) is 1.97. The summed E-state index contributed by atoms with van der Waals surface area (Å²) in [5.41, 5.74) is 1.68. The number of halogens is 1. The summed E-state index contributed by atoms with van der Waals surface area (Å²) in [6.07, 6.45) is 7.12. The van der Waals surface area contributed by atoms with Crippen LogP contribution in [0.4, 0.5) is 5.82 Å². The van der Waals surface area contributed by atoms with E-state index < -0.39 is 0 Å². The van der Waals surface area contributed by atoms with Gasteiger partial charge in [-0.2, -0.15) is 0 Å². The first kappa shape index (κ1) is 16.6. The van der Waals surface area contributed by atoms with Crippen molar-refractivity contribution in [3.8, 4) is 0 Å². The van der Waals surface area contributed by atoms with E-state index >= 15 is 0 Å². The molecule has 0 bridgehead atoms. The van der Waals surface area contributed by atoms with Gasteiger partial charge in [0.2, 0.25) is 5.91 Å². The van der Waals surface area contributed by atoms with E-state index in [4.69, 9.17) is 16.6 Å². The summed E-state index contributed by atoms with van der Waals surface area (Å²) in [5.74, 6) is 1.52. The molecule has 6 heteroatoms. The Morgan fingerprint density at radius 1 is 1.20 bits per heavy atom. The predicted octanol–water partition coefficient (Wildman–Crippen LogP) is 3.51. The van der Waals surface area contributed by atoms with Crippen LogP contribution >= 0.6 is 11.6 Å². The van der Waals surface area contributed by atoms with E-state index in [1.54, 1.807) is 0 Å². The highest BCUT2D eigenvalue weighted by molar-refractivity contribution is 6.31. The minimum absolute atomic E-state index is 0.279. The molecule has 0 spiro atoms.